The van der Waals surface area contributed by atoms with Gasteiger partial charge in [0.05, 0.1) is 19.3 Å². The molecule has 0 aromatic carbocycles. The van der Waals surface area contributed by atoms with Crippen LogP contribution in [0.5, 0.6) is 0 Å². The van der Waals surface area contributed by atoms with Crippen LogP contribution in [-0.2, 0) is 9.47 Å². The standard InChI is InChI=1S/C31H63NO7/c1-2-3-4-5-6-7-8-9-10-11-12-13-14-15-16-17-18-19-20-21-22-32-23-26(34)25-38-30-29(36)28(35)27(24-33)39-31(30)37/h26-37H,2-25H2,1H3/t26?,27-,28+,29+,30-,31-/m1/s1. The zero-order chi connectivity index (χ0) is 28.6. The molecule has 0 saturated carbocycles. The van der Waals surface area contributed by atoms with E-state index in [0.717, 1.165) is 13.0 Å². The summed E-state index contributed by atoms with van der Waals surface area (Å²) in [6.45, 7) is 2.83. The van der Waals surface area contributed by atoms with Gasteiger partial charge in [0.15, 0.2) is 6.29 Å². The lowest BCUT2D eigenvalue weighted by Gasteiger charge is -2.40. The lowest BCUT2D eigenvalue weighted by Crippen LogP contribution is -2.59. The first-order valence-electron chi connectivity index (χ1n) is 16.3. The van der Waals surface area contributed by atoms with Crippen molar-refractivity contribution in [2.24, 2.45) is 0 Å². The summed E-state index contributed by atoms with van der Waals surface area (Å²) in [5.41, 5.74) is 0. The van der Waals surface area contributed by atoms with Crippen molar-refractivity contribution < 1.29 is 35.0 Å². The van der Waals surface area contributed by atoms with Gasteiger partial charge in [0.25, 0.3) is 0 Å². The number of hydrogen-bond donors (Lipinski definition) is 6. The SMILES string of the molecule is CCCCCCCCCCCCCCCCCCCCCCNCC(O)CO[C@@H]1[C@@H](O)[C@@H](O)[C@@H](CO)O[C@H]1O. The summed E-state index contributed by atoms with van der Waals surface area (Å²) in [5.74, 6) is 0. The minimum atomic E-state index is -1.48. The van der Waals surface area contributed by atoms with E-state index in [4.69, 9.17) is 14.6 Å². The van der Waals surface area contributed by atoms with Gasteiger partial charge >= 0.3 is 0 Å². The zero-order valence-corrected chi connectivity index (χ0v) is 25.0. The third kappa shape index (κ3) is 18.7. The highest BCUT2D eigenvalue weighted by Gasteiger charge is 2.44. The molecule has 1 fully saturated rings. The molecule has 8 nitrogen and oxygen atoms in total. The summed E-state index contributed by atoms with van der Waals surface area (Å²) in [5, 5.41) is 52.3. The highest BCUT2D eigenvalue weighted by Crippen LogP contribution is 2.22. The minimum Gasteiger partial charge on any atom is -0.394 e. The Kier molecular flexibility index (Phi) is 23.9. The Morgan fingerprint density at radius 1 is 0.667 bits per heavy atom. The van der Waals surface area contributed by atoms with Crippen LogP contribution in [0.4, 0.5) is 0 Å². The third-order valence-corrected chi connectivity index (χ3v) is 7.91. The van der Waals surface area contributed by atoms with Gasteiger partial charge in [-0.25, -0.2) is 0 Å². The van der Waals surface area contributed by atoms with Crippen molar-refractivity contribution in [2.75, 3.05) is 26.3 Å². The highest BCUT2D eigenvalue weighted by molar-refractivity contribution is 4.89. The van der Waals surface area contributed by atoms with Crippen molar-refractivity contribution in [1.82, 2.24) is 5.32 Å². The van der Waals surface area contributed by atoms with Crippen molar-refractivity contribution >= 4 is 0 Å². The number of aliphatic hydroxyl groups is 5. The van der Waals surface area contributed by atoms with Gasteiger partial charge < -0.3 is 40.3 Å². The van der Waals surface area contributed by atoms with Gasteiger partial charge in [-0.3, -0.25) is 0 Å². The Labute approximate surface area is 238 Å². The van der Waals surface area contributed by atoms with Gasteiger partial charge in [-0.1, -0.05) is 129 Å². The predicted octanol–water partition coefficient (Wildman–Crippen LogP) is 4.58. The molecule has 1 aliphatic heterocycles. The second-order valence-electron chi connectivity index (χ2n) is 11.6. The van der Waals surface area contributed by atoms with Crippen molar-refractivity contribution in [3.05, 3.63) is 0 Å². The molecule has 1 aliphatic rings. The molecule has 0 spiro atoms. The van der Waals surface area contributed by atoms with Gasteiger partial charge in [-0.15, -0.1) is 0 Å². The lowest BCUT2D eigenvalue weighted by molar-refractivity contribution is -0.298. The topological polar surface area (TPSA) is 132 Å². The van der Waals surface area contributed by atoms with E-state index in [-0.39, 0.29) is 6.61 Å². The maximum atomic E-state index is 10.1. The molecule has 234 valence electrons. The number of ether oxygens (including phenoxy) is 2. The molecule has 1 saturated heterocycles. The Morgan fingerprint density at radius 3 is 1.54 bits per heavy atom. The van der Waals surface area contributed by atoms with Crippen LogP contribution in [0.3, 0.4) is 0 Å². The van der Waals surface area contributed by atoms with E-state index in [0.29, 0.717) is 6.54 Å². The minimum absolute atomic E-state index is 0.106. The van der Waals surface area contributed by atoms with Crippen LogP contribution in [0.15, 0.2) is 0 Å². The first kappa shape index (κ1) is 36.7. The van der Waals surface area contributed by atoms with E-state index < -0.39 is 43.4 Å². The van der Waals surface area contributed by atoms with E-state index in [1.165, 1.54) is 122 Å². The first-order valence-corrected chi connectivity index (χ1v) is 16.3. The highest BCUT2D eigenvalue weighted by atomic mass is 16.7. The number of hydrogen-bond acceptors (Lipinski definition) is 8. The van der Waals surface area contributed by atoms with Crippen LogP contribution in [0.2, 0.25) is 0 Å². The van der Waals surface area contributed by atoms with Gasteiger partial charge in [-0.2, -0.15) is 0 Å². The fourth-order valence-corrected chi connectivity index (χ4v) is 5.31. The van der Waals surface area contributed by atoms with Crippen LogP contribution < -0.4 is 5.32 Å². The molecule has 1 heterocycles. The second-order valence-corrected chi connectivity index (χ2v) is 11.6. The molecule has 6 N–H and O–H groups in total. The molecule has 1 unspecified atom stereocenters. The monoisotopic (exact) mass is 561 g/mol. The van der Waals surface area contributed by atoms with Gasteiger partial charge in [0.2, 0.25) is 0 Å². The summed E-state index contributed by atoms with van der Waals surface area (Å²) in [4.78, 5) is 0. The van der Waals surface area contributed by atoms with Crippen LogP contribution in [0, 0.1) is 0 Å². The smallest absolute Gasteiger partial charge is 0.184 e. The Balaban J connectivity index is 1.80. The van der Waals surface area contributed by atoms with Crippen LogP contribution in [0.1, 0.15) is 135 Å². The summed E-state index contributed by atoms with van der Waals surface area (Å²) >= 11 is 0. The maximum Gasteiger partial charge on any atom is 0.184 e. The Hall–Kier alpha value is -0.320. The zero-order valence-electron chi connectivity index (χ0n) is 25.0. The van der Waals surface area contributed by atoms with Crippen LogP contribution >= 0.6 is 0 Å². The van der Waals surface area contributed by atoms with E-state index in [2.05, 4.69) is 12.2 Å². The summed E-state index contributed by atoms with van der Waals surface area (Å²) in [6, 6.07) is 0. The van der Waals surface area contributed by atoms with Gasteiger partial charge in [-0.05, 0) is 13.0 Å². The van der Waals surface area contributed by atoms with E-state index >= 15 is 0 Å². The molecule has 0 bridgehead atoms. The van der Waals surface area contributed by atoms with E-state index in [9.17, 15) is 20.4 Å². The molecule has 0 aromatic rings. The number of unbranched alkanes of at least 4 members (excludes halogenated alkanes) is 19. The van der Waals surface area contributed by atoms with Crippen LogP contribution in [0.25, 0.3) is 0 Å². The normalized spacial score (nSPS) is 24.3. The number of rotatable bonds is 27. The third-order valence-electron chi connectivity index (χ3n) is 7.91. The van der Waals surface area contributed by atoms with Crippen molar-refractivity contribution in [3.8, 4) is 0 Å². The summed E-state index contributed by atoms with van der Waals surface area (Å²) < 4.78 is 10.4. The van der Waals surface area contributed by atoms with Crippen molar-refractivity contribution in [2.45, 2.75) is 172 Å². The Bertz CT molecular complexity index is 527. The Morgan fingerprint density at radius 2 is 1.10 bits per heavy atom. The molecule has 8 heteroatoms. The van der Waals surface area contributed by atoms with E-state index in [1.54, 1.807) is 0 Å². The molecular formula is C31H63NO7. The summed E-state index contributed by atoms with van der Waals surface area (Å²) in [7, 11) is 0. The second kappa shape index (κ2) is 25.4. The number of nitrogens with one attached hydrogen (secondary N) is 1. The largest absolute Gasteiger partial charge is 0.394 e. The predicted molar refractivity (Wildman–Crippen MR) is 157 cm³/mol. The lowest BCUT2D eigenvalue weighted by atomic mass is 9.99. The molecule has 0 aromatic heterocycles. The maximum absolute atomic E-state index is 10.1. The summed E-state index contributed by atoms with van der Waals surface area (Å²) in [6.07, 6.45) is 20.0. The first-order chi connectivity index (χ1) is 19.0. The molecule has 0 aliphatic carbocycles. The van der Waals surface area contributed by atoms with Crippen molar-refractivity contribution in [1.29, 1.82) is 0 Å². The van der Waals surface area contributed by atoms with Gasteiger partial charge in [0.1, 0.15) is 24.4 Å². The molecule has 39 heavy (non-hydrogen) atoms. The van der Waals surface area contributed by atoms with Crippen molar-refractivity contribution in [3.63, 3.8) is 0 Å². The fourth-order valence-electron chi connectivity index (χ4n) is 5.31. The average molecular weight is 562 g/mol. The quantitative estimate of drug-likeness (QED) is 0.0804. The molecule has 0 amide bonds. The van der Waals surface area contributed by atoms with Crippen LogP contribution in [-0.4, -0.2) is 88.6 Å². The van der Waals surface area contributed by atoms with E-state index in [1.807, 2.05) is 0 Å². The molecule has 1 rings (SSSR count). The van der Waals surface area contributed by atoms with Gasteiger partial charge in [0, 0.05) is 6.54 Å². The fraction of sp³-hybridized carbons (Fsp3) is 1.00. The number of aliphatic hydroxyl groups excluding tert-OH is 5. The molecule has 0 radical (unpaired) electrons. The average Bonchev–Trinajstić information content (AvgIpc) is 2.93. The molecule has 6 atom stereocenters. The molecular weight excluding hydrogens is 498 g/mol.